The summed E-state index contributed by atoms with van der Waals surface area (Å²) in [4.78, 5) is 1.27. The number of rotatable bonds is 2. The summed E-state index contributed by atoms with van der Waals surface area (Å²) in [5.41, 5.74) is 0. The highest BCUT2D eigenvalue weighted by Gasteiger charge is 2.02. The fourth-order valence-electron chi connectivity index (χ4n) is 0.806. The number of ether oxygens (including phenoxy) is 1. The number of methoxy groups -OCH3 is 1. The quantitative estimate of drug-likeness (QED) is 0.608. The first-order chi connectivity index (χ1) is 5.29. The Morgan fingerprint density at radius 3 is 2.73 bits per heavy atom. The summed E-state index contributed by atoms with van der Waals surface area (Å²) in [6.07, 6.45) is 2.07. The maximum atomic E-state index is 5.17. The summed E-state index contributed by atoms with van der Waals surface area (Å²) < 4.78 is 6.36. The fraction of sp³-hybridized carbons (Fsp3) is 0.250. The van der Waals surface area contributed by atoms with Crippen LogP contribution < -0.4 is 4.74 Å². The minimum Gasteiger partial charge on any atom is -0.496 e. The van der Waals surface area contributed by atoms with Crippen LogP contribution in [0.4, 0.5) is 0 Å². The summed E-state index contributed by atoms with van der Waals surface area (Å²) in [6.45, 7) is 0. The highest BCUT2D eigenvalue weighted by atomic mass is 127. The molecule has 3 heteroatoms. The predicted octanol–water partition coefficient (Wildman–Crippen LogP) is 3.02. The van der Waals surface area contributed by atoms with Crippen LogP contribution in [0.2, 0.25) is 0 Å². The third-order valence-electron chi connectivity index (χ3n) is 1.37. The Bertz CT molecular complexity index is 228. The normalized spacial score (nSPS) is 9.73. The van der Waals surface area contributed by atoms with E-state index < -0.39 is 0 Å². The van der Waals surface area contributed by atoms with E-state index in [1.165, 1.54) is 8.47 Å². The molecule has 0 amide bonds. The van der Waals surface area contributed by atoms with E-state index in [2.05, 4.69) is 34.9 Å². The topological polar surface area (TPSA) is 9.23 Å². The lowest BCUT2D eigenvalue weighted by atomic mass is 10.3. The predicted molar refractivity (Wildman–Crippen MR) is 57.5 cm³/mol. The van der Waals surface area contributed by atoms with Crippen LogP contribution in [0.3, 0.4) is 0 Å². The molecule has 0 fully saturated rings. The Balaban J connectivity index is 3.10. The summed E-state index contributed by atoms with van der Waals surface area (Å²) in [5.74, 6) is 0.956. The van der Waals surface area contributed by atoms with Crippen molar-refractivity contribution in [2.45, 2.75) is 4.90 Å². The molecule has 11 heavy (non-hydrogen) atoms. The molecular formula is C8H9IOS. The van der Waals surface area contributed by atoms with Crippen molar-refractivity contribution >= 4 is 34.4 Å². The molecule has 0 atom stereocenters. The molecule has 0 unspecified atom stereocenters. The Morgan fingerprint density at radius 1 is 1.45 bits per heavy atom. The van der Waals surface area contributed by atoms with Crippen molar-refractivity contribution in [1.29, 1.82) is 0 Å². The molecule has 0 aliphatic carbocycles. The molecule has 0 aliphatic rings. The number of benzene rings is 1. The van der Waals surface area contributed by atoms with Crippen molar-refractivity contribution in [2.24, 2.45) is 0 Å². The van der Waals surface area contributed by atoms with Gasteiger partial charge in [-0.2, -0.15) is 0 Å². The molecule has 0 aromatic heterocycles. The minimum atomic E-state index is 0.956. The van der Waals surface area contributed by atoms with Crippen LogP contribution in [0, 0.1) is 3.57 Å². The Morgan fingerprint density at radius 2 is 2.18 bits per heavy atom. The van der Waals surface area contributed by atoms with Gasteiger partial charge in [-0.15, -0.1) is 11.8 Å². The molecule has 0 aliphatic heterocycles. The average Bonchev–Trinajstić information content (AvgIpc) is 2.05. The van der Waals surface area contributed by atoms with Gasteiger partial charge in [-0.05, 0) is 41.0 Å². The number of hydrogen-bond acceptors (Lipinski definition) is 2. The monoisotopic (exact) mass is 280 g/mol. The van der Waals surface area contributed by atoms with Gasteiger partial charge >= 0.3 is 0 Å². The van der Waals surface area contributed by atoms with E-state index in [1.54, 1.807) is 18.9 Å². The van der Waals surface area contributed by atoms with E-state index in [0.717, 1.165) is 5.75 Å². The number of halogens is 1. The summed E-state index contributed by atoms with van der Waals surface area (Å²) in [6, 6.07) is 6.07. The molecule has 0 bridgehead atoms. The largest absolute Gasteiger partial charge is 0.496 e. The van der Waals surface area contributed by atoms with Gasteiger partial charge in [-0.3, -0.25) is 0 Å². The Labute approximate surface area is 84.7 Å². The van der Waals surface area contributed by atoms with Gasteiger partial charge in [-0.1, -0.05) is 6.07 Å². The molecule has 0 spiro atoms. The van der Waals surface area contributed by atoms with Crippen LogP contribution in [0.15, 0.2) is 23.1 Å². The van der Waals surface area contributed by atoms with Gasteiger partial charge < -0.3 is 4.74 Å². The molecule has 1 nitrogen and oxygen atoms in total. The van der Waals surface area contributed by atoms with E-state index in [1.807, 2.05) is 12.1 Å². The molecule has 1 aromatic carbocycles. The lowest BCUT2D eigenvalue weighted by Gasteiger charge is -2.05. The summed E-state index contributed by atoms with van der Waals surface area (Å²) in [5, 5.41) is 0. The molecule has 1 rings (SSSR count). The first-order valence-electron chi connectivity index (χ1n) is 3.16. The van der Waals surface area contributed by atoms with Gasteiger partial charge in [0.15, 0.2) is 0 Å². The van der Waals surface area contributed by atoms with E-state index in [0.29, 0.717) is 0 Å². The highest BCUT2D eigenvalue weighted by Crippen LogP contribution is 2.29. The average molecular weight is 280 g/mol. The Hall–Kier alpha value is 0.1000. The lowest BCUT2D eigenvalue weighted by molar-refractivity contribution is 0.410. The maximum Gasteiger partial charge on any atom is 0.133 e. The van der Waals surface area contributed by atoms with E-state index >= 15 is 0 Å². The molecule has 0 saturated heterocycles. The van der Waals surface area contributed by atoms with Gasteiger partial charge in [0.25, 0.3) is 0 Å². The van der Waals surface area contributed by atoms with Crippen molar-refractivity contribution in [3.8, 4) is 5.75 Å². The zero-order valence-corrected chi connectivity index (χ0v) is 9.40. The number of hydrogen-bond donors (Lipinski definition) is 0. The van der Waals surface area contributed by atoms with Gasteiger partial charge in [0, 0.05) is 4.90 Å². The van der Waals surface area contributed by atoms with Crippen LogP contribution in [-0.2, 0) is 0 Å². The van der Waals surface area contributed by atoms with Crippen LogP contribution >= 0.6 is 34.4 Å². The zero-order valence-electron chi connectivity index (χ0n) is 6.43. The van der Waals surface area contributed by atoms with Crippen molar-refractivity contribution in [2.75, 3.05) is 13.4 Å². The van der Waals surface area contributed by atoms with Crippen molar-refractivity contribution < 1.29 is 4.74 Å². The van der Waals surface area contributed by atoms with E-state index in [9.17, 15) is 0 Å². The van der Waals surface area contributed by atoms with Crippen LogP contribution in [0.5, 0.6) is 5.75 Å². The molecule has 0 N–H and O–H groups in total. The first-order valence-corrected chi connectivity index (χ1v) is 5.46. The third kappa shape index (κ3) is 2.02. The molecule has 60 valence electrons. The first kappa shape index (κ1) is 9.19. The van der Waals surface area contributed by atoms with Crippen molar-refractivity contribution in [1.82, 2.24) is 0 Å². The maximum absolute atomic E-state index is 5.17. The van der Waals surface area contributed by atoms with E-state index in [-0.39, 0.29) is 0 Å². The lowest BCUT2D eigenvalue weighted by Crippen LogP contribution is -1.87. The van der Waals surface area contributed by atoms with Gasteiger partial charge in [-0.25, -0.2) is 0 Å². The van der Waals surface area contributed by atoms with Gasteiger partial charge in [0.05, 0.1) is 10.7 Å². The van der Waals surface area contributed by atoms with Crippen molar-refractivity contribution in [3.63, 3.8) is 0 Å². The van der Waals surface area contributed by atoms with Crippen LogP contribution in [0.25, 0.3) is 0 Å². The standard InChI is InChI=1S/C8H9IOS/c1-10-6-4-3-5-7(11-2)8(6)9/h3-5H,1-2H3. The van der Waals surface area contributed by atoms with Gasteiger partial charge in [0.1, 0.15) is 5.75 Å². The molecule has 1 aromatic rings. The third-order valence-corrected chi connectivity index (χ3v) is 3.63. The summed E-state index contributed by atoms with van der Waals surface area (Å²) in [7, 11) is 1.70. The smallest absolute Gasteiger partial charge is 0.133 e. The second-order valence-electron chi connectivity index (χ2n) is 1.98. The molecule has 0 heterocycles. The minimum absolute atomic E-state index is 0.956. The van der Waals surface area contributed by atoms with Crippen LogP contribution in [-0.4, -0.2) is 13.4 Å². The van der Waals surface area contributed by atoms with Crippen molar-refractivity contribution in [3.05, 3.63) is 21.8 Å². The highest BCUT2D eigenvalue weighted by molar-refractivity contribution is 14.1. The molecule has 0 saturated carbocycles. The summed E-state index contributed by atoms with van der Waals surface area (Å²) >= 11 is 4.03. The van der Waals surface area contributed by atoms with E-state index in [4.69, 9.17) is 4.74 Å². The zero-order chi connectivity index (χ0) is 8.27. The SMILES string of the molecule is COc1cccc(SC)c1I. The van der Waals surface area contributed by atoms with Gasteiger partial charge in [0.2, 0.25) is 0 Å². The molecular weight excluding hydrogens is 271 g/mol. The fourth-order valence-corrected chi connectivity index (χ4v) is 2.54. The second-order valence-corrected chi connectivity index (χ2v) is 3.90. The molecule has 0 radical (unpaired) electrons. The number of thioether (sulfide) groups is 1. The second kappa shape index (κ2) is 4.21. The van der Waals surface area contributed by atoms with Crippen LogP contribution in [0.1, 0.15) is 0 Å². The Kier molecular flexibility index (Phi) is 3.51.